The van der Waals surface area contributed by atoms with Crippen LogP contribution in [-0.2, 0) is 10.8 Å². The highest BCUT2D eigenvalue weighted by molar-refractivity contribution is 7.84. The Morgan fingerprint density at radius 3 is 2.83 bits per heavy atom. The van der Waals surface area contributed by atoms with E-state index < -0.39 is 10.8 Å². The van der Waals surface area contributed by atoms with Crippen LogP contribution in [0.4, 0.5) is 0 Å². The van der Waals surface area contributed by atoms with Gasteiger partial charge in [0.25, 0.3) is 0 Å². The second-order valence-electron chi connectivity index (χ2n) is 2.65. The molecule has 2 atom stereocenters. The summed E-state index contributed by atoms with van der Waals surface area (Å²) in [6.07, 6.45) is 0.513. The van der Waals surface area contributed by atoms with Crippen molar-refractivity contribution >= 4 is 10.8 Å². The molecule has 0 heterocycles. The fourth-order valence-electron chi connectivity index (χ4n) is 0.773. The summed E-state index contributed by atoms with van der Waals surface area (Å²) in [4.78, 5) is 0. The lowest BCUT2D eigenvalue weighted by molar-refractivity contribution is 0.578. The SMILES string of the molecule is CCS(=O)CCNC(C)CC#N. The summed E-state index contributed by atoms with van der Waals surface area (Å²) in [6, 6.07) is 2.29. The molecule has 0 bridgehead atoms. The van der Waals surface area contributed by atoms with Crippen molar-refractivity contribution in [2.75, 3.05) is 18.1 Å². The smallest absolute Gasteiger partial charge is 0.0638 e. The molecule has 0 amide bonds. The molecule has 0 radical (unpaired) electrons. The van der Waals surface area contributed by atoms with Crippen LogP contribution in [0.1, 0.15) is 20.3 Å². The molecule has 4 heteroatoms. The van der Waals surface area contributed by atoms with Gasteiger partial charge in [-0.25, -0.2) is 0 Å². The molecule has 0 aliphatic rings. The standard InChI is InChI=1S/C8H16N2OS/c1-3-12(11)7-6-10-8(2)4-5-9/h8,10H,3-4,6-7H2,1-2H3. The van der Waals surface area contributed by atoms with Crippen molar-refractivity contribution in [1.29, 1.82) is 5.26 Å². The van der Waals surface area contributed by atoms with Crippen LogP contribution in [0.25, 0.3) is 0 Å². The van der Waals surface area contributed by atoms with Crippen LogP contribution in [0.15, 0.2) is 0 Å². The molecule has 70 valence electrons. The Morgan fingerprint density at radius 2 is 2.33 bits per heavy atom. The maximum atomic E-state index is 11.0. The first-order valence-corrected chi connectivity index (χ1v) is 5.64. The van der Waals surface area contributed by atoms with Crippen LogP contribution in [0.5, 0.6) is 0 Å². The predicted molar refractivity (Wildman–Crippen MR) is 51.2 cm³/mol. The first-order valence-electron chi connectivity index (χ1n) is 4.16. The molecule has 0 spiro atoms. The Balaban J connectivity index is 3.31. The first kappa shape index (κ1) is 11.6. The third kappa shape index (κ3) is 6.32. The van der Waals surface area contributed by atoms with Crippen molar-refractivity contribution < 1.29 is 4.21 Å². The van der Waals surface area contributed by atoms with Crippen LogP contribution in [-0.4, -0.2) is 28.3 Å². The molecule has 0 saturated carbocycles. The highest BCUT2D eigenvalue weighted by Crippen LogP contribution is 1.87. The molecule has 0 aromatic rings. The summed E-state index contributed by atoms with van der Waals surface area (Å²) in [6.45, 7) is 4.61. The lowest BCUT2D eigenvalue weighted by atomic mass is 10.2. The molecule has 0 saturated heterocycles. The molecule has 0 aromatic carbocycles. The Hall–Kier alpha value is -0.400. The second-order valence-corrected chi connectivity index (χ2v) is 4.52. The topological polar surface area (TPSA) is 52.9 Å². The van der Waals surface area contributed by atoms with Gasteiger partial charge in [-0.1, -0.05) is 6.92 Å². The molecule has 0 fully saturated rings. The number of rotatable bonds is 6. The van der Waals surface area contributed by atoms with Crippen molar-refractivity contribution in [3.63, 3.8) is 0 Å². The van der Waals surface area contributed by atoms with Crippen LogP contribution in [0.3, 0.4) is 0 Å². The van der Waals surface area contributed by atoms with Gasteiger partial charge in [0.2, 0.25) is 0 Å². The van der Waals surface area contributed by atoms with Gasteiger partial charge >= 0.3 is 0 Å². The summed E-state index contributed by atoms with van der Waals surface area (Å²) in [7, 11) is -0.693. The molecule has 3 nitrogen and oxygen atoms in total. The molecule has 2 unspecified atom stereocenters. The Labute approximate surface area is 76.6 Å². The molecular weight excluding hydrogens is 172 g/mol. The van der Waals surface area contributed by atoms with E-state index in [1.165, 1.54) is 0 Å². The van der Waals surface area contributed by atoms with Crippen LogP contribution >= 0.6 is 0 Å². The normalized spacial score (nSPS) is 15.1. The third-order valence-corrected chi connectivity index (χ3v) is 2.85. The molecule has 0 rings (SSSR count). The summed E-state index contributed by atoms with van der Waals surface area (Å²) in [5, 5.41) is 11.5. The lowest BCUT2D eigenvalue weighted by Gasteiger charge is -2.08. The van der Waals surface area contributed by atoms with E-state index in [9.17, 15) is 4.21 Å². The third-order valence-electron chi connectivity index (χ3n) is 1.54. The summed E-state index contributed by atoms with van der Waals surface area (Å²) in [5.41, 5.74) is 0. The molecular formula is C8H16N2OS. The average molecular weight is 188 g/mol. The number of hydrogen-bond acceptors (Lipinski definition) is 3. The van der Waals surface area contributed by atoms with Gasteiger partial charge in [-0.3, -0.25) is 4.21 Å². The zero-order chi connectivity index (χ0) is 9.40. The summed E-state index contributed by atoms with van der Waals surface area (Å²) in [5.74, 6) is 1.40. The number of nitrogens with one attached hydrogen (secondary N) is 1. The average Bonchev–Trinajstić information content (AvgIpc) is 2.04. The fraction of sp³-hybridized carbons (Fsp3) is 0.875. The van der Waals surface area contributed by atoms with E-state index in [-0.39, 0.29) is 6.04 Å². The van der Waals surface area contributed by atoms with Crippen molar-refractivity contribution in [3.8, 4) is 6.07 Å². The summed E-state index contributed by atoms with van der Waals surface area (Å²) >= 11 is 0. The van der Waals surface area contributed by atoms with E-state index in [1.54, 1.807) is 0 Å². The quantitative estimate of drug-likeness (QED) is 0.665. The highest BCUT2D eigenvalue weighted by Gasteiger charge is 2.00. The fourth-order valence-corrected chi connectivity index (χ4v) is 1.41. The van der Waals surface area contributed by atoms with Crippen LogP contribution < -0.4 is 5.32 Å². The number of hydrogen-bond donors (Lipinski definition) is 1. The van der Waals surface area contributed by atoms with E-state index in [4.69, 9.17) is 5.26 Å². The minimum atomic E-state index is -0.693. The minimum Gasteiger partial charge on any atom is -0.312 e. The Bertz CT molecular complexity index is 176. The van der Waals surface area contributed by atoms with E-state index in [0.717, 1.165) is 6.54 Å². The van der Waals surface area contributed by atoms with Gasteiger partial charge < -0.3 is 5.32 Å². The van der Waals surface area contributed by atoms with E-state index in [0.29, 0.717) is 17.9 Å². The van der Waals surface area contributed by atoms with Gasteiger partial charge in [-0.05, 0) is 6.92 Å². The summed E-state index contributed by atoms with van der Waals surface area (Å²) < 4.78 is 11.0. The predicted octanol–water partition coefficient (Wildman–Crippen LogP) is 0.647. The van der Waals surface area contributed by atoms with Crippen molar-refractivity contribution in [2.24, 2.45) is 0 Å². The van der Waals surface area contributed by atoms with Crippen molar-refractivity contribution in [3.05, 3.63) is 0 Å². The van der Waals surface area contributed by atoms with Gasteiger partial charge in [0.05, 0.1) is 12.5 Å². The van der Waals surface area contributed by atoms with Gasteiger partial charge in [0, 0.05) is 34.9 Å². The van der Waals surface area contributed by atoms with Gasteiger partial charge in [0.1, 0.15) is 0 Å². The Kier molecular flexibility index (Phi) is 7.02. The van der Waals surface area contributed by atoms with E-state index in [1.807, 2.05) is 13.8 Å². The first-order chi connectivity index (χ1) is 5.70. The van der Waals surface area contributed by atoms with Crippen LogP contribution in [0, 0.1) is 11.3 Å². The van der Waals surface area contributed by atoms with Crippen molar-refractivity contribution in [2.45, 2.75) is 26.3 Å². The molecule has 12 heavy (non-hydrogen) atoms. The van der Waals surface area contributed by atoms with Gasteiger partial charge in [-0.2, -0.15) is 5.26 Å². The van der Waals surface area contributed by atoms with Gasteiger partial charge in [-0.15, -0.1) is 0 Å². The number of nitrogens with zero attached hydrogens (tertiary/aromatic N) is 1. The Morgan fingerprint density at radius 1 is 1.67 bits per heavy atom. The molecule has 1 N–H and O–H groups in total. The van der Waals surface area contributed by atoms with E-state index in [2.05, 4.69) is 11.4 Å². The monoisotopic (exact) mass is 188 g/mol. The van der Waals surface area contributed by atoms with Crippen molar-refractivity contribution in [1.82, 2.24) is 5.32 Å². The second kappa shape index (κ2) is 7.26. The maximum absolute atomic E-state index is 11.0. The zero-order valence-corrected chi connectivity index (χ0v) is 8.49. The maximum Gasteiger partial charge on any atom is 0.0638 e. The number of nitriles is 1. The minimum absolute atomic E-state index is 0.212. The zero-order valence-electron chi connectivity index (χ0n) is 7.67. The largest absolute Gasteiger partial charge is 0.312 e. The molecule has 0 aliphatic heterocycles. The van der Waals surface area contributed by atoms with Crippen LogP contribution in [0.2, 0.25) is 0 Å². The molecule has 0 aromatic heterocycles. The van der Waals surface area contributed by atoms with E-state index >= 15 is 0 Å². The lowest BCUT2D eigenvalue weighted by Crippen LogP contribution is -2.29. The highest BCUT2D eigenvalue weighted by atomic mass is 32.2. The van der Waals surface area contributed by atoms with Gasteiger partial charge in [0.15, 0.2) is 0 Å². The molecule has 0 aliphatic carbocycles.